The monoisotopic (exact) mass is 372 g/mol. The maximum absolute atomic E-state index is 13.8. The molecule has 0 aromatic heterocycles. The fraction of sp³-hybridized carbons (Fsp3) is 0.588. The van der Waals surface area contributed by atoms with Crippen molar-refractivity contribution in [1.82, 2.24) is 9.62 Å². The highest BCUT2D eigenvalue weighted by Crippen LogP contribution is 2.18. The minimum atomic E-state index is -3.83. The van der Waals surface area contributed by atoms with E-state index in [9.17, 15) is 17.6 Å². The molecule has 1 amide bonds. The molecule has 1 heterocycles. The van der Waals surface area contributed by atoms with E-state index < -0.39 is 15.8 Å². The molecular weight excluding hydrogens is 345 g/mol. The van der Waals surface area contributed by atoms with E-state index in [1.54, 1.807) is 0 Å². The normalized spacial score (nSPS) is 18.0. The van der Waals surface area contributed by atoms with Crippen molar-refractivity contribution < 1.29 is 22.5 Å². The van der Waals surface area contributed by atoms with Crippen LogP contribution in [0.5, 0.6) is 0 Å². The molecule has 1 aliphatic rings. The minimum Gasteiger partial charge on any atom is -0.349 e. The number of hydrogen-bond acceptors (Lipinski definition) is 3. The van der Waals surface area contributed by atoms with Crippen LogP contribution in [0.3, 0.4) is 0 Å². The zero-order valence-corrected chi connectivity index (χ0v) is 15.6. The first-order chi connectivity index (χ1) is 11.8. The van der Waals surface area contributed by atoms with Crippen molar-refractivity contribution in [3.05, 3.63) is 30.1 Å². The van der Waals surface area contributed by atoms with Gasteiger partial charge in [-0.1, -0.05) is 25.5 Å². The smallest absolute Gasteiger partial charge is 0.275 e. The van der Waals surface area contributed by atoms with E-state index in [0.717, 1.165) is 23.8 Å². The second-order valence-electron chi connectivity index (χ2n) is 6.52. The summed E-state index contributed by atoms with van der Waals surface area (Å²) in [5.74, 6) is -0.747. The molecule has 0 saturated carbocycles. The summed E-state index contributed by atoms with van der Waals surface area (Å²) in [5.41, 5.74) is 0. The molecule has 25 heavy (non-hydrogen) atoms. The summed E-state index contributed by atoms with van der Waals surface area (Å²) in [7, 11) is -3.83. The molecule has 140 valence electrons. The third-order valence-corrected chi connectivity index (χ3v) is 6.36. The van der Waals surface area contributed by atoms with Gasteiger partial charge in [0.25, 0.3) is 5.91 Å². The lowest BCUT2D eigenvalue weighted by atomic mass is 10.2. The lowest BCUT2D eigenvalue weighted by Crippen LogP contribution is -3.15. The quantitative estimate of drug-likeness (QED) is 0.709. The number of quaternary nitrogens is 1. The molecule has 0 bridgehead atoms. The van der Waals surface area contributed by atoms with Gasteiger partial charge >= 0.3 is 0 Å². The molecule has 0 aliphatic carbocycles. The van der Waals surface area contributed by atoms with Crippen LogP contribution in [-0.4, -0.2) is 57.4 Å². The number of nitrogens with zero attached hydrogens (tertiary/aromatic N) is 1. The Hall–Kier alpha value is -1.51. The van der Waals surface area contributed by atoms with Crippen LogP contribution in [0.1, 0.15) is 26.7 Å². The summed E-state index contributed by atoms with van der Waals surface area (Å²) in [5, 5.41) is 2.96. The third kappa shape index (κ3) is 5.23. The molecule has 0 spiro atoms. The Kier molecular flexibility index (Phi) is 6.92. The predicted octanol–water partition coefficient (Wildman–Crippen LogP) is 0.0197. The number of hydrogen-bond donors (Lipinski definition) is 2. The first-order valence-corrected chi connectivity index (χ1v) is 10.2. The Balaban J connectivity index is 1.89. The van der Waals surface area contributed by atoms with Crippen molar-refractivity contribution in [1.29, 1.82) is 0 Å². The molecule has 1 atom stereocenters. The molecular formula is C17H27FN3O3S+. The number of amides is 1. The second kappa shape index (κ2) is 8.73. The first-order valence-electron chi connectivity index (χ1n) is 8.72. The van der Waals surface area contributed by atoms with Crippen molar-refractivity contribution >= 4 is 15.9 Å². The molecule has 1 aliphatic heterocycles. The minimum absolute atomic E-state index is 0.0126. The van der Waals surface area contributed by atoms with E-state index >= 15 is 0 Å². The lowest BCUT2D eigenvalue weighted by molar-refractivity contribution is -0.895. The highest BCUT2D eigenvalue weighted by Gasteiger charge is 2.32. The molecule has 2 rings (SSSR count). The molecule has 1 saturated heterocycles. The zero-order valence-electron chi connectivity index (χ0n) is 14.8. The van der Waals surface area contributed by atoms with Gasteiger partial charge in [-0.3, -0.25) is 4.79 Å². The maximum atomic E-state index is 13.8. The van der Waals surface area contributed by atoms with Crippen LogP contribution in [0.15, 0.2) is 29.2 Å². The molecule has 0 radical (unpaired) electrons. The van der Waals surface area contributed by atoms with Crippen LogP contribution >= 0.6 is 0 Å². The number of benzene rings is 1. The second-order valence-corrected chi connectivity index (χ2v) is 8.42. The van der Waals surface area contributed by atoms with Gasteiger partial charge in [0.2, 0.25) is 10.0 Å². The number of carbonyl (C=O) groups excluding carboxylic acids is 1. The Morgan fingerprint density at radius 2 is 1.96 bits per heavy atom. The fourth-order valence-electron chi connectivity index (χ4n) is 3.07. The number of piperazine rings is 1. The van der Waals surface area contributed by atoms with Crippen molar-refractivity contribution in [2.75, 3.05) is 32.7 Å². The molecule has 1 aromatic carbocycles. The number of carbonyl (C=O) groups is 1. The van der Waals surface area contributed by atoms with E-state index in [1.165, 1.54) is 22.5 Å². The van der Waals surface area contributed by atoms with Gasteiger partial charge in [0.15, 0.2) is 6.54 Å². The molecule has 1 aromatic rings. The average molecular weight is 372 g/mol. The van der Waals surface area contributed by atoms with Gasteiger partial charge in [0.05, 0.1) is 26.2 Å². The van der Waals surface area contributed by atoms with Crippen LogP contribution in [0.4, 0.5) is 4.39 Å². The van der Waals surface area contributed by atoms with Crippen LogP contribution in [0, 0.1) is 5.82 Å². The zero-order chi connectivity index (χ0) is 18.4. The Labute approximate surface area is 149 Å². The van der Waals surface area contributed by atoms with Crippen LogP contribution < -0.4 is 10.2 Å². The van der Waals surface area contributed by atoms with E-state index in [0.29, 0.717) is 19.6 Å². The number of rotatable bonds is 7. The SMILES string of the molecule is CCC[C@@H](C)NC(=O)C[NH+]1CCN(S(=O)(=O)c2ccccc2F)CC1. The summed E-state index contributed by atoms with van der Waals surface area (Å²) >= 11 is 0. The van der Waals surface area contributed by atoms with E-state index in [2.05, 4.69) is 12.2 Å². The van der Waals surface area contributed by atoms with Crippen LogP contribution in [-0.2, 0) is 14.8 Å². The summed E-state index contributed by atoms with van der Waals surface area (Å²) in [6, 6.07) is 5.57. The van der Waals surface area contributed by atoms with Gasteiger partial charge in [-0.15, -0.1) is 0 Å². The standard InChI is InChI=1S/C17H26FN3O3S/c1-3-6-14(2)19-17(22)13-20-9-11-21(12-10-20)25(23,24)16-8-5-4-7-15(16)18/h4-5,7-8,14H,3,6,9-13H2,1-2H3,(H,19,22)/p+1/t14-/m1/s1. The summed E-state index contributed by atoms with van der Waals surface area (Å²) in [6.07, 6.45) is 1.95. The van der Waals surface area contributed by atoms with E-state index in [1.807, 2.05) is 6.92 Å². The van der Waals surface area contributed by atoms with Crippen molar-refractivity contribution in [3.63, 3.8) is 0 Å². The van der Waals surface area contributed by atoms with Crippen molar-refractivity contribution in [2.24, 2.45) is 0 Å². The van der Waals surface area contributed by atoms with Crippen molar-refractivity contribution in [2.45, 2.75) is 37.6 Å². The Morgan fingerprint density at radius 3 is 2.56 bits per heavy atom. The highest BCUT2D eigenvalue weighted by molar-refractivity contribution is 7.89. The predicted molar refractivity (Wildman–Crippen MR) is 93.2 cm³/mol. The number of sulfonamides is 1. The van der Waals surface area contributed by atoms with Gasteiger partial charge in [-0.05, 0) is 25.5 Å². The van der Waals surface area contributed by atoms with Crippen molar-refractivity contribution in [3.8, 4) is 0 Å². The molecule has 2 N–H and O–H groups in total. The lowest BCUT2D eigenvalue weighted by Gasteiger charge is -2.31. The largest absolute Gasteiger partial charge is 0.349 e. The summed E-state index contributed by atoms with van der Waals surface area (Å²) in [6.45, 7) is 6.01. The molecule has 0 unspecified atom stereocenters. The van der Waals surface area contributed by atoms with Crippen LogP contribution in [0.25, 0.3) is 0 Å². The Morgan fingerprint density at radius 1 is 1.32 bits per heavy atom. The topological polar surface area (TPSA) is 70.9 Å². The maximum Gasteiger partial charge on any atom is 0.275 e. The Bertz CT molecular complexity index is 688. The summed E-state index contributed by atoms with van der Waals surface area (Å²) < 4.78 is 40.2. The number of nitrogens with one attached hydrogen (secondary N) is 2. The van der Waals surface area contributed by atoms with E-state index in [4.69, 9.17) is 0 Å². The van der Waals surface area contributed by atoms with Gasteiger partial charge in [0, 0.05) is 6.04 Å². The average Bonchev–Trinajstić information content (AvgIpc) is 2.55. The van der Waals surface area contributed by atoms with Gasteiger partial charge in [-0.25, -0.2) is 12.8 Å². The van der Waals surface area contributed by atoms with Crippen LogP contribution in [0.2, 0.25) is 0 Å². The molecule has 6 nitrogen and oxygen atoms in total. The third-order valence-electron chi connectivity index (χ3n) is 4.42. The summed E-state index contributed by atoms with van der Waals surface area (Å²) in [4.78, 5) is 12.8. The van der Waals surface area contributed by atoms with Gasteiger partial charge in [0.1, 0.15) is 10.7 Å². The number of halogens is 1. The molecule has 8 heteroatoms. The highest BCUT2D eigenvalue weighted by atomic mass is 32.2. The van der Waals surface area contributed by atoms with E-state index in [-0.39, 0.29) is 29.9 Å². The molecule has 1 fully saturated rings. The fourth-order valence-corrected chi connectivity index (χ4v) is 4.58. The van der Waals surface area contributed by atoms with Gasteiger partial charge < -0.3 is 10.2 Å². The van der Waals surface area contributed by atoms with Gasteiger partial charge in [-0.2, -0.15) is 4.31 Å². The first kappa shape index (κ1) is 19.8.